The minimum absolute atomic E-state index is 1.00. The van der Waals surface area contributed by atoms with Crippen molar-refractivity contribution in [3.05, 3.63) is 413 Å². The standard InChI is InChI=1S/C92H68Si2/c1-3-85(70-56-58-82(59-57-70)94(80-46-25-11-26-47-80,81-48-27-12-28-49-81)84-51-33-50-83(66-84)93(77-40-19-8-20-41-77,78-42-21-9-22-43-78)79-44-23-10-24-45-79)86(4-2)74-61-73(69-38-17-7-18-39-69)64-76(65-74)92-89-54-31-29-52-87(89)91(88-53-30-32-55-90(88)92)75-62-71(67-34-13-5-14-35-67)60-72(63-75)68-36-15-6-16-37-68/h3-66H,1-2H2/b86-85-. The fourth-order valence-corrected chi connectivity index (χ4v) is 24.6. The van der Waals surface area contributed by atoms with Crippen LogP contribution in [-0.4, -0.2) is 16.1 Å². The summed E-state index contributed by atoms with van der Waals surface area (Å²) in [4.78, 5) is 0. The fraction of sp³-hybridized carbons (Fsp3) is 0. The van der Waals surface area contributed by atoms with E-state index in [1.165, 1.54) is 102 Å². The lowest BCUT2D eigenvalue weighted by Gasteiger charge is -2.38. The molecule has 15 aromatic carbocycles. The van der Waals surface area contributed by atoms with Gasteiger partial charge in [-0.2, -0.15) is 0 Å². The van der Waals surface area contributed by atoms with Crippen LogP contribution in [0.5, 0.6) is 0 Å². The molecule has 0 amide bonds. The Morgan fingerprint density at radius 3 is 0.766 bits per heavy atom. The van der Waals surface area contributed by atoms with Crippen LogP contribution in [-0.2, 0) is 0 Å². The third-order valence-electron chi connectivity index (χ3n) is 19.1. The molecule has 15 rings (SSSR count). The Hall–Kier alpha value is -11.5. The van der Waals surface area contributed by atoms with E-state index in [1.54, 1.807) is 0 Å². The molecule has 0 nitrogen and oxygen atoms in total. The summed E-state index contributed by atoms with van der Waals surface area (Å²) >= 11 is 0. The number of hydrogen-bond donors (Lipinski definition) is 0. The van der Waals surface area contributed by atoms with Crippen LogP contribution in [0.1, 0.15) is 11.1 Å². The zero-order chi connectivity index (χ0) is 63.3. The first-order chi connectivity index (χ1) is 46.5. The molecule has 0 aliphatic carbocycles. The van der Waals surface area contributed by atoms with Crippen molar-refractivity contribution in [2.45, 2.75) is 0 Å². The van der Waals surface area contributed by atoms with Crippen LogP contribution >= 0.6 is 0 Å². The Balaban J connectivity index is 0.917. The number of hydrogen-bond acceptors (Lipinski definition) is 0. The van der Waals surface area contributed by atoms with E-state index in [-0.39, 0.29) is 0 Å². The summed E-state index contributed by atoms with van der Waals surface area (Å²) in [6.07, 6.45) is 4.06. The summed E-state index contributed by atoms with van der Waals surface area (Å²) < 4.78 is 0. The predicted octanol–water partition coefficient (Wildman–Crippen LogP) is 18.4. The molecule has 0 bridgehead atoms. The molecule has 0 aliphatic rings. The molecule has 0 saturated heterocycles. The highest BCUT2D eigenvalue weighted by Gasteiger charge is 2.45. The SMILES string of the molecule is C=C/C(=C(\C=C)c1cc(-c2ccccc2)cc(-c2c3ccccc3c(-c3cc(-c4ccccc4)cc(-c4ccccc4)c3)c3ccccc23)c1)c1ccc([Si](c2ccccc2)(c2ccccc2)c2cccc([Si](c3ccccc3)(c3ccccc3)c3ccccc3)c2)cc1. The minimum atomic E-state index is -3.12. The number of fused-ring (bicyclic) bond motifs is 2. The molecule has 0 aliphatic heterocycles. The van der Waals surface area contributed by atoms with Crippen molar-refractivity contribution >= 4 is 90.3 Å². The van der Waals surface area contributed by atoms with Gasteiger partial charge in [-0.3, -0.25) is 0 Å². The average Bonchev–Trinajstić information content (AvgIpc) is 0.750. The van der Waals surface area contributed by atoms with Gasteiger partial charge in [0, 0.05) is 0 Å². The summed E-state index contributed by atoms with van der Waals surface area (Å²) in [6, 6.07) is 140. The first kappa shape index (κ1) is 58.8. The molecule has 0 fully saturated rings. The van der Waals surface area contributed by atoms with Gasteiger partial charge in [-0.25, -0.2) is 0 Å². The molecule has 0 heterocycles. The Morgan fingerprint density at radius 2 is 0.436 bits per heavy atom. The van der Waals surface area contributed by atoms with Crippen molar-refractivity contribution in [2.24, 2.45) is 0 Å². The maximum atomic E-state index is 4.61. The molecular weight excluding hydrogens is 1160 g/mol. The summed E-state index contributed by atoms with van der Waals surface area (Å²) in [7, 11) is -6.04. The molecule has 444 valence electrons. The van der Waals surface area contributed by atoms with Gasteiger partial charge in [-0.1, -0.05) is 365 Å². The molecule has 2 heteroatoms. The zero-order valence-corrected chi connectivity index (χ0v) is 54.4. The minimum Gasteiger partial charge on any atom is -0.0984 e. The molecule has 0 atom stereocenters. The molecule has 0 aromatic heterocycles. The van der Waals surface area contributed by atoms with Gasteiger partial charge in [-0.05, 0) is 177 Å². The molecule has 0 unspecified atom stereocenters. The maximum Gasteiger partial charge on any atom is 0.179 e. The second-order valence-electron chi connectivity index (χ2n) is 24.3. The topological polar surface area (TPSA) is 0 Å². The molecule has 15 aromatic rings. The van der Waals surface area contributed by atoms with Crippen LogP contribution in [0.15, 0.2) is 401 Å². The van der Waals surface area contributed by atoms with Crippen LogP contribution in [0, 0.1) is 0 Å². The van der Waals surface area contributed by atoms with Gasteiger partial charge in [0.2, 0.25) is 0 Å². The lowest BCUT2D eigenvalue weighted by Crippen LogP contribution is -2.77. The van der Waals surface area contributed by atoms with Crippen molar-refractivity contribution in [1.82, 2.24) is 0 Å². The average molecular weight is 1230 g/mol. The van der Waals surface area contributed by atoms with Crippen LogP contribution in [0.3, 0.4) is 0 Å². The highest BCUT2D eigenvalue weighted by molar-refractivity contribution is 7.22. The molecule has 0 spiro atoms. The van der Waals surface area contributed by atoms with E-state index in [4.69, 9.17) is 0 Å². The van der Waals surface area contributed by atoms with E-state index < -0.39 is 16.1 Å². The van der Waals surface area contributed by atoms with Gasteiger partial charge in [0.05, 0.1) is 0 Å². The van der Waals surface area contributed by atoms with Gasteiger partial charge >= 0.3 is 0 Å². The predicted molar refractivity (Wildman–Crippen MR) is 410 cm³/mol. The number of rotatable bonds is 17. The largest absolute Gasteiger partial charge is 0.179 e. The lowest BCUT2D eigenvalue weighted by atomic mass is 9.83. The van der Waals surface area contributed by atoms with E-state index in [1.807, 2.05) is 12.2 Å². The van der Waals surface area contributed by atoms with Crippen molar-refractivity contribution < 1.29 is 0 Å². The Bertz CT molecular complexity index is 4970. The second-order valence-corrected chi connectivity index (χ2v) is 31.9. The zero-order valence-electron chi connectivity index (χ0n) is 52.4. The van der Waals surface area contributed by atoms with E-state index in [0.29, 0.717) is 0 Å². The van der Waals surface area contributed by atoms with E-state index in [9.17, 15) is 0 Å². The molecule has 0 saturated carbocycles. The van der Waals surface area contributed by atoms with Gasteiger partial charge in [-0.15, -0.1) is 0 Å². The Labute approximate surface area is 554 Å². The highest BCUT2D eigenvalue weighted by Crippen LogP contribution is 2.47. The molecular formula is C92H68Si2. The molecule has 94 heavy (non-hydrogen) atoms. The summed E-state index contributed by atoms with van der Waals surface area (Å²) in [5.41, 5.74) is 15.8. The van der Waals surface area contributed by atoms with Gasteiger partial charge < -0.3 is 0 Å². The van der Waals surface area contributed by atoms with Gasteiger partial charge in [0.25, 0.3) is 0 Å². The lowest BCUT2D eigenvalue weighted by molar-refractivity contribution is 1.56. The normalized spacial score (nSPS) is 11.9. The Morgan fingerprint density at radius 1 is 0.191 bits per heavy atom. The first-order valence-corrected chi connectivity index (χ1v) is 36.4. The maximum absolute atomic E-state index is 4.61. The van der Waals surface area contributed by atoms with Gasteiger partial charge in [0.15, 0.2) is 16.1 Å². The molecule has 0 N–H and O–H groups in total. The third kappa shape index (κ3) is 10.6. The number of allylic oxidation sites excluding steroid dienone is 4. The summed E-state index contributed by atoms with van der Waals surface area (Å²) in [5, 5.41) is 15.4. The monoisotopic (exact) mass is 1230 g/mol. The smallest absolute Gasteiger partial charge is 0.0984 e. The summed E-state index contributed by atoms with van der Waals surface area (Å²) in [5.74, 6) is 0. The van der Waals surface area contributed by atoms with E-state index in [0.717, 1.165) is 39.0 Å². The highest BCUT2D eigenvalue weighted by atomic mass is 28.3. The van der Waals surface area contributed by atoms with Gasteiger partial charge in [0.1, 0.15) is 0 Å². The van der Waals surface area contributed by atoms with E-state index >= 15 is 0 Å². The van der Waals surface area contributed by atoms with Crippen molar-refractivity contribution in [1.29, 1.82) is 0 Å². The van der Waals surface area contributed by atoms with Crippen LogP contribution in [0.2, 0.25) is 0 Å². The van der Waals surface area contributed by atoms with Crippen molar-refractivity contribution in [3.8, 4) is 55.6 Å². The van der Waals surface area contributed by atoms with E-state index in [2.05, 4.69) is 389 Å². The fourth-order valence-electron chi connectivity index (χ4n) is 14.9. The second kappa shape index (κ2) is 26.0. The van der Waals surface area contributed by atoms with Crippen LogP contribution in [0.4, 0.5) is 0 Å². The van der Waals surface area contributed by atoms with Crippen LogP contribution in [0.25, 0.3) is 88.3 Å². The Kier molecular flexibility index (Phi) is 16.3. The summed E-state index contributed by atoms with van der Waals surface area (Å²) in [6.45, 7) is 9.21. The van der Waals surface area contributed by atoms with Crippen molar-refractivity contribution in [3.63, 3.8) is 0 Å². The first-order valence-electron chi connectivity index (χ1n) is 32.4. The number of benzene rings is 15. The quantitative estimate of drug-likeness (QED) is 0.0280. The third-order valence-corrected chi connectivity index (χ3v) is 28.6. The van der Waals surface area contributed by atoms with Crippen molar-refractivity contribution in [2.75, 3.05) is 0 Å². The van der Waals surface area contributed by atoms with Crippen LogP contribution < -0.4 is 41.5 Å². The molecule has 0 radical (unpaired) electrons.